The number of allylic oxidation sites excluding steroid dienone is 6. The van der Waals surface area contributed by atoms with Crippen molar-refractivity contribution in [3.63, 3.8) is 0 Å². The SMILES string of the molecule is C=C/C=C\C=C(\F)C=C. The molecule has 9 heavy (non-hydrogen) atoms. The van der Waals surface area contributed by atoms with Crippen LogP contribution in [-0.4, -0.2) is 0 Å². The number of rotatable bonds is 3. The lowest BCUT2D eigenvalue weighted by Gasteiger charge is -1.77. The first-order valence-electron chi connectivity index (χ1n) is 2.58. The predicted octanol–water partition coefficient (Wildman–Crippen LogP) is 2.77. The molecule has 0 heterocycles. The Hall–Kier alpha value is -1.11. The lowest BCUT2D eigenvalue weighted by molar-refractivity contribution is 0.668. The predicted molar refractivity (Wildman–Crippen MR) is 38.7 cm³/mol. The van der Waals surface area contributed by atoms with Gasteiger partial charge in [0, 0.05) is 0 Å². The number of hydrogen-bond donors (Lipinski definition) is 0. The molecule has 0 nitrogen and oxygen atoms in total. The average molecular weight is 124 g/mol. The number of hydrogen-bond acceptors (Lipinski definition) is 0. The van der Waals surface area contributed by atoms with E-state index >= 15 is 0 Å². The first-order valence-corrected chi connectivity index (χ1v) is 2.58. The molecule has 0 aromatic heterocycles. The molecule has 0 unspecified atom stereocenters. The van der Waals surface area contributed by atoms with Gasteiger partial charge in [0.25, 0.3) is 0 Å². The summed E-state index contributed by atoms with van der Waals surface area (Å²) in [6.07, 6.45) is 7.24. The van der Waals surface area contributed by atoms with Gasteiger partial charge >= 0.3 is 0 Å². The molecule has 0 bridgehead atoms. The van der Waals surface area contributed by atoms with Crippen molar-refractivity contribution in [1.82, 2.24) is 0 Å². The van der Waals surface area contributed by atoms with Crippen LogP contribution in [0.15, 0.2) is 49.4 Å². The maximum absolute atomic E-state index is 12.1. The summed E-state index contributed by atoms with van der Waals surface area (Å²) < 4.78 is 12.1. The molecule has 0 aromatic carbocycles. The lowest BCUT2D eigenvalue weighted by Crippen LogP contribution is -1.58. The van der Waals surface area contributed by atoms with Crippen LogP contribution in [0.25, 0.3) is 0 Å². The normalized spacial score (nSPS) is 11.9. The molecule has 0 aliphatic heterocycles. The summed E-state index contributed by atoms with van der Waals surface area (Å²) in [6.45, 7) is 6.66. The smallest absolute Gasteiger partial charge is 0.122 e. The molecular formula is C8H9F. The summed E-state index contributed by atoms with van der Waals surface area (Å²) in [5.74, 6) is -0.340. The third-order valence-electron chi connectivity index (χ3n) is 0.698. The average Bonchev–Trinajstić information content (AvgIpc) is 1.89. The third kappa shape index (κ3) is 4.75. The summed E-state index contributed by atoms with van der Waals surface area (Å²) in [5, 5.41) is 0. The first kappa shape index (κ1) is 7.89. The second-order valence-electron chi connectivity index (χ2n) is 1.38. The van der Waals surface area contributed by atoms with E-state index in [2.05, 4.69) is 13.2 Å². The topological polar surface area (TPSA) is 0 Å². The van der Waals surface area contributed by atoms with E-state index < -0.39 is 0 Å². The van der Waals surface area contributed by atoms with Crippen molar-refractivity contribution in [2.24, 2.45) is 0 Å². The van der Waals surface area contributed by atoms with Crippen LogP contribution in [0.3, 0.4) is 0 Å². The van der Waals surface area contributed by atoms with Gasteiger partial charge in [-0.3, -0.25) is 0 Å². The van der Waals surface area contributed by atoms with Crippen molar-refractivity contribution < 1.29 is 4.39 Å². The van der Waals surface area contributed by atoms with E-state index in [1.807, 2.05) is 0 Å². The Morgan fingerprint density at radius 2 is 1.89 bits per heavy atom. The van der Waals surface area contributed by atoms with Crippen LogP contribution in [-0.2, 0) is 0 Å². The van der Waals surface area contributed by atoms with Crippen molar-refractivity contribution in [3.8, 4) is 0 Å². The molecule has 0 radical (unpaired) electrons. The van der Waals surface area contributed by atoms with Crippen molar-refractivity contribution in [3.05, 3.63) is 49.4 Å². The summed E-state index contributed by atoms with van der Waals surface area (Å²) in [5.41, 5.74) is 0. The van der Waals surface area contributed by atoms with Gasteiger partial charge < -0.3 is 0 Å². The molecule has 0 atom stereocenters. The van der Waals surface area contributed by atoms with Gasteiger partial charge in [-0.25, -0.2) is 4.39 Å². The minimum atomic E-state index is -0.340. The maximum atomic E-state index is 12.1. The van der Waals surface area contributed by atoms with Gasteiger partial charge in [0.15, 0.2) is 0 Å². The van der Waals surface area contributed by atoms with E-state index in [1.54, 1.807) is 18.2 Å². The lowest BCUT2D eigenvalue weighted by atomic mass is 10.4. The summed E-state index contributed by atoms with van der Waals surface area (Å²) in [6, 6.07) is 0. The Morgan fingerprint density at radius 1 is 1.22 bits per heavy atom. The van der Waals surface area contributed by atoms with Crippen LogP contribution in [0, 0.1) is 0 Å². The second kappa shape index (κ2) is 5.04. The molecule has 0 spiro atoms. The highest BCUT2D eigenvalue weighted by atomic mass is 19.1. The van der Waals surface area contributed by atoms with E-state index in [0.717, 1.165) is 6.08 Å². The highest BCUT2D eigenvalue weighted by Gasteiger charge is 1.76. The summed E-state index contributed by atoms with van der Waals surface area (Å²) >= 11 is 0. The molecule has 0 N–H and O–H groups in total. The molecule has 1 heteroatoms. The molecule has 0 aromatic rings. The van der Waals surface area contributed by atoms with Gasteiger partial charge in [-0.2, -0.15) is 0 Å². The Balaban J connectivity index is 3.81. The van der Waals surface area contributed by atoms with Crippen LogP contribution in [0.1, 0.15) is 0 Å². The monoisotopic (exact) mass is 124 g/mol. The van der Waals surface area contributed by atoms with Crippen LogP contribution in [0.2, 0.25) is 0 Å². The quantitative estimate of drug-likeness (QED) is 0.507. The maximum Gasteiger partial charge on any atom is 0.122 e. The second-order valence-corrected chi connectivity index (χ2v) is 1.38. The summed E-state index contributed by atoms with van der Waals surface area (Å²) in [7, 11) is 0. The molecule has 0 aliphatic rings. The molecule has 0 saturated heterocycles. The standard InChI is InChI=1S/C8H9F/c1-3-5-6-7-8(9)4-2/h3-7H,1-2H2/b6-5-,8-7+. The summed E-state index contributed by atoms with van der Waals surface area (Å²) in [4.78, 5) is 0. The van der Waals surface area contributed by atoms with E-state index in [0.29, 0.717) is 0 Å². The molecule has 48 valence electrons. The Labute approximate surface area is 54.7 Å². The largest absolute Gasteiger partial charge is 0.207 e. The van der Waals surface area contributed by atoms with Crippen LogP contribution in [0.5, 0.6) is 0 Å². The minimum absolute atomic E-state index is 0.340. The van der Waals surface area contributed by atoms with Crippen LogP contribution < -0.4 is 0 Å². The fourth-order valence-electron chi connectivity index (χ4n) is 0.294. The molecule has 0 fully saturated rings. The van der Waals surface area contributed by atoms with Crippen LogP contribution in [0.4, 0.5) is 4.39 Å². The van der Waals surface area contributed by atoms with Gasteiger partial charge in [-0.15, -0.1) is 0 Å². The Kier molecular flexibility index (Phi) is 4.41. The highest BCUT2D eigenvalue weighted by molar-refractivity contribution is 5.17. The van der Waals surface area contributed by atoms with Crippen molar-refractivity contribution >= 4 is 0 Å². The van der Waals surface area contributed by atoms with E-state index in [-0.39, 0.29) is 5.83 Å². The van der Waals surface area contributed by atoms with E-state index in [4.69, 9.17) is 0 Å². The Morgan fingerprint density at radius 3 is 2.33 bits per heavy atom. The highest BCUT2D eigenvalue weighted by Crippen LogP contribution is 1.95. The zero-order valence-corrected chi connectivity index (χ0v) is 5.18. The van der Waals surface area contributed by atoms with E-state index in [1.165, 1.54) is 6.08 Å². The fourth-order valence-corrected chi connectivity index (χ4v) is 0.294. The van der Waals surface area contributed by atoms with Crippen molar-refractivity contribution in [2.75, 3.05) is 0 Å². The molecular weight excluding hydrogens is 115 g/mol. The van der Waals surface area contributed by atoms with Gasteiger partial charge in [0.05, 0.1) is 0 Å². The van der Waals surface area contributed by atoms with Gasteiger partial charge in [0.2, 0.25) is 0 Å². The third-order valence-corrected chi connectivity index (χ3v) is 0.698. The zero-order chi connectivity index (χ0) is 7.11. The number of halogens is 1. The molecule has 0 amide bonds. The molecule has 0 saturated carbocycles. The van der Waals surface area contributed by atoms with Gasteiger partial charge in [0.1, 0.15) is 5.83 Å². The van der Waals surface area contributed by atoms with Gasteiger partial charge in [-0.1, -0.05) is 31.4 Å². The zero-order valence-electron chi connectivity index (χ0n) is 5.18. The first-order chi connectivity index (χ1) is 4.31. The minimum Gasteiger partial charge on any atom is -0.207 e. The van der Waals surface area contributed by atoms with Gasteiger partial charge in [-0.05, 0) is 12.2 Å². The molecule has 0 rings (SSSR count). The fraction of sp³-hybridized carbons (Fsp3) is 0. The van der Waals surface area contributed by atoms with Crippen molar-refractivity contribution in [1.29, 1.82) is 0 Å². The van der Waals surface area contributed by atoms with E-state index in [9.17, 15) is 4.39 Å². The van der Waals surface area contributed by atoms with Crippen LogP contribution >= 0.6 is 0 Å². The van der Waals surface area contributed by atoms with Crippen molar-refractivity contribution in [2.45, 2.75) is 0 Å². The Bertz CT molecular complexity index is 152. The molecule has 0 aliphatic carbocycles.